The molecule has 1 aliphatic rings. The summed E-state index contributed by atoms with van der Waals surface area (Å²) in [6, 6.07) is 6.64. The number of rotatable bonds is 3. The number of nitrogens with zero attached hydrogens (tertiary/aromatic N) is 1. The summed E-state index contributed by atoms with van der Waals surface area (Å²) < 4.78 is 18.2. The Morgan fingerprint density at radius 3 is 2.56 bits per heavy atom. The van der Waals surface area contributed by atoms with E-state index >= 15 is 0 Å². The molecule has 2 rings (SSSR count). The number of nitrogens with two attached hydrogens (primary N) is 1. The highest BCUT2D eigenvalue weighted by atomic mass is 35.5. The van der Waals surface area contributed by atoms with Crippen molar-refractivity contribution in [2.24, 2.45) is 5.73 Å². The lowest BCUT2D eigenvalue weighted by Crippen LogP contribution is -2.45. The van der Waals surface area contributed by atoms with Crippen molar-refractivity contribution in [3.63, 3.8) is 0 Å². The first kappa shape index (κ1) is 17.6. The molecule has 2 N–H and O–H groups in total. The third-order valence-corrected chi connectivity index (χ3v) is 2.81. The Morgan fingerprint density at radius 1 is 1.28 bits per heavy atom. The summed E-state index contributed by atoms with van der Waals surface area (Å²) in [6.45, 7) is 3.88. The number of hydrogen-bond acceptors (Lipinski definition) is 3. The standard InChI is InChI=1S/C12H17FN2O.2ClH/c13-11-3-1-10(2-4-11)8-15-5-6-16-12(7-14)9-15;;/h1-4,12H,5-9,14H2;2*1H. The molecular weight excluding hydrogens is 278 g/mol. The molecular formula is C12H19Cl2FN2O. The van der Waals surface area contributed by atoms with Crippen LogP contribution in [0.15, 0.2) is 24.3 Å². The second-order valence-corrected chi connectivity index (χ2v) is 4.09. The first-order valence-corrected chi connectivity index (χ1v) is 5.56. The van der Waals surface area contributed by atoms with E-state index in [0.29, 0.717) is 6.54 Å². The first-order chi connectivity index (χ1) is 7.78. The Kier molecular flexibility index (Phi) is 8.48. The molecule has 104 valence electrons. The largest absolute Gasteiger partial charge is 0.374 e. The minimum absolute atomic E-state index is 0. The smallest absolute Gasteiger partial charge is 0.123 e. The topological polar surface area (TPSA) is 38.5 Å². The van der Waals surface area contributed by atoms with Crippen LogP contribution in [0, 0.1) is 5.82 Å². The van der Waals surface area contributed by atoms with E-state index in [2.05, 4.69) is 4.90 Å². The van der Waals surface area contributed by atoms with E-state index in [0.717, 1.165) is 31.8 Å². The van der Waals surface area contributed by atoms with Crippen molar-refractivity contribution in [2.75, 3.05) is 26.2 Å². The van der Waals surface area contributed by atoms with Gasteiger partial charge in [-0.3, -0.25) is 4.90 Å². The highest BCUT2D eigenvalue weighted by Crippen LogP contribution is 2.10. The van der Waals surface area contributed by atoms with Gasteiger partial charge in [-0.15, -0.1) is 24.8 Å². The third kappa shape index (κ3) is 5.08. The zero-order valence-corrected chi connectivity index (χ0v) is 11.7. The van der Waals surface area contributed by atoms with Crippen LogP contribution in [-0.4, -0.2) is 37.2 Å². The maximum atomic E-state index is 12.7. The van der Waals surface area contributed by atoms with Crippen molar-refractivity contribution in [1.29, 1.82) is 0 Å². The van der Waals surface area contributed by atoms with E-state index < -0.39 is 0 Å². The second-order valence-electron chi connectivity index (χ2n) is 4.09. The van der Waals surface area contributed by atoms with Crippen LogP contribution in [0.5, 0.6) is 0 Å². The van der Waals surface area contributed by atoms with Crippen LogP contribution >= 0.6 is 24.8 Å². The molecule has 1 aromatic rings. The van der Waals surface area contributed by atoms with Gasteiger partial charge >= 0.3 is 0 Å². The molecule has 1 aromatic carbocycles. The fourth-order valence-corrected chi connectivity index (χ4v) is 1.91. The van der Waals surface area contributed by atoms with Gasteiger partial charge in [0.1, 0.15) is 5.82 Å². The van der Waals surface area contributed by atoms with Gasteiger partial charge in [-0.1, -0.05) is 12.1 Å². The van der Waals surface area contributed by atoms with Gasteiger partial charge in [-0.25, -0.2) is 4.39 Å². The summed E-state index contributed by atoms with van der Waals surface area (Å²) in [5.41, 5.74) is 6.70. The lowest BCUT2D eigenvalue weighted by Gasteiger charge is -2.32. The third-order valence-electron chi connectivity index (χ3n) is 2.81. The van der Waals surface area contributed by atoms with Crippen molar-refractivity contribution >= 4 is 24.8 Å². The van der Waals surface area contributed by atoms with Crippen LogP contribution < -0.4 is 5.73 Å². The lowest BCUT2D eigenvalue weighted by atomic mass is 10.2. The molecule has 18 heavy (non-hydrogen) atoms. The summed E-state index contributed by atoms with van der Waals surface area (Å²) in [4.78, 5) is 2.29. The van der Waals surface area contributed by atoms with Crippen LogP contribution in [-0.2, 0) is 11.3 Å². The molecule has 3 nitrogen and oxygen atoms in total. The van der Waals surface area contributed by atoms with Crippen LogP contribution in [0.1, 0.15) is 5.56 Å². The molecule has 0 amide bonds. The minimum Gasteiger partial charge on any atom is -0.374 e. The summed E-state index contributed by atoms with van der Waals surface area (Å²) in [6.07, 6.45) is 0.134. The molecule has 1 atom stereocenters. The van der Waals surface area contributed by atoms with E-state index in [1.165, 1.54) is 12.1 Å². The first-order valence-electron chi connectivity index (χ1n) is 5.56. The van der Waals surface area contributed by atoms with Gasteiger partial charge in [-0.05, 0) is 17.7 Å². The molecule has 6 heteroatoms. The monoisotopic (exact) mass is 296 g/mol. The Hall–Kier alpha value is -0.390. The number of morpholine rings is 1. The number of benzene rings is 1. The van der Waals surface area contributed by atoms with Crippen LogP contribution in [0.25, 0.3) is 0 Å². The Morgan fingerprint density at radius 2 is 1.94 bits per heavy atom. The molecule has 1 aliphatic heterocycles. The average Bonchev–Trinajstić information content (AvgIpc) is 2.32. The van der Waals surface area contributed by atoms with Gasteiger partial charge in [0.25, 0.3) is 0 Å². The molecule has 0 saturated carbocycles. The highest BCUT2D eigenvalue weighted by Gasteiger charge is 2.18. The van der Waals surface area contributed by atoms with Crippen molar-refractivity contribution in [2.45, 2.75) is 12.6 Å². The Balaban J connectivity index is 0.00000144. The molecule has 1 heterocycles. The van der Waals surface area contributed by atoms with Crippen molar-refractivity contribution < 1.29 is 9.13 Å². The van der Waals surface area contributed by atoms with Crippen molar-refractivity contribution in [1.82, 2.24) is 4.90 Å². The zero-order valence-electron chi connectivity index (χ0n) is 10.0. The fourth-order valence-electron chi connectivity index (χ4n) is 1.91. The summed E-state index contributed by atoms with van der Waals surface area (Å²) >= 11 is 0. The van der Waals surface area contributed by atoms with E-state index in [9.17, 15) is 4.39 Å². The lowest BCUT2D eigenvalue weighted by molar-refractivity contribution is -0.0260. The van der Waals surface area contributed by atoms with Gasteiger partial charge in [-0.2, -0.15) is 0 Å². The molecule has 0 radical (unpaired) electrons. The molecule has 1 unspecified atom stereocenters. The quantitative estimate of drug-likeness (QED) is 0.925. The normalized spacial score (nSPS) is 19.8. The van der Waals surface area contributed by atoms with Crippen LogP contribution in [0.4, 0.5) is 4.39 Å². The van der Waals surface area contributed by atoms with Crippen LogP contribution in [0.2, 0.25) is 0 Å². The second kappa shape index (κ2) is 8.67. The van der Waals surface area contributed by atoms with Gasteiger partial charge in [0, 0.05) is 26.2 Å². The molecule has 0 bridgehead atoms. The molecule has 0 aromatic heterocycles. The zero-order chi connectivity index (χ0) is 11.4. The van der Waals surface area contributed by atoms with E-state index in [4.69, 9.17) is 10.5 Å². The average molecular weight is 297 g/mol. The summed E-state index contributed by atoms with van der Waals surface area (Å²) in [5, 5.41) is 0. The van der Waals surface area contributed by atoms with Gasteiger partial charge in [0.2, 0.25) is 0 Å². The number of halogens is 3. The van der Waals surface area contributed by atoms with E-state index in [-0.39, 0.29) is 36.7 Å². The number of ether oxygens (including phenoxy) is 1. The van der Waals surface area contributed by atoms with Gasteiger partial charge < -0.3 is 10.5 Å². The predicted octanol–water partition coefficient (Wildman–Crippen LogP) is 1.83. The molecule has 1 fully saturated rings. The van der Waals surface area contributed by atoms with E-state index in [1.807, 2.05) is 12.1 Å². The minimum atomic E-state index is -0.189. The highest BCUT2D eigenvalue weighted by molar-refractivity contribution is 5.85. The SMILES string of the molecule is Cl.Cl.NCC1CN(Cc2ccc(F)cc2)CCO1. The Bertz CT molecular complexity index is 337. The summed E-state index contributed by atoms with van der Waals surface area (Å²) in [7, 11) is 0. The fraction of sp³-hybridized carbons (Fsp3) is 0.500. The van der Waals surface area contributed by atoms with Gasteiger partial charge in [0.15, 0.2) is 0 Å². The molecule has 0 aliphatic carbocycles. The molecule has 0 spiro atoms. The van der Waals surface area contributed by atoms with Crippen LogP contribution in [0.3, 0.4) is 0 Å². The molecule has 1 saturated heterocycles. The van der Waals surface area contributed by atoms with Crippen molar-refractivity contribution in [3.05, 3.63) is 35.6 Å². The maximum absolute atomic E-state index is 12.7. The number of hydrogen-bond donors (Lipinski definition) is 1. The maximum Gasteiger partial charge on any atom is 0.123 e. The van der Waals surface area contributed by atoms with Crippen molar-refractivity contribution in [3.8, 4) is 0 Å². The van der Waals surface area contributed by atoms with E-state index in [1.54, 1.807) is 0 Å². The van der Waals surface area contributed by atoms with Gasteiger partial charge in [0.05, 0.1) is 12.7 Å². The predicted molar refractivity (Wildman–Crippen MR) is 75.0 cm³/mol. The summed E-state index contributed by atoms with van der Waals surface area (Å²) in [5.74, 6) is -0.189. The Labute approximate surface area is 119 Å².